The van der Waals surface area contributed by atoms with Crippen molar-refractivity contribution in [1.82, 2.24) is 4.90 Å². The number of ether oxygens (including phenoxy) is 2. The number of benzene rings is 3. The van der Waals surface area contributed by atoms with Crippen LogP contribution in [0.15, 0.2) is 77.0 Å². The van der Waals surface area contributed by atoms with Gasteiger partial charge in [0.1, 0.15) is 0 Å². The summed E-state index contributed by atoms with van der Waals surface area (Å²) in [6.07, 6.45) is 0. The van der Waals surface area contributed by atoms with Gasteiger partial charge in [0.25, 0.3) is 5.91 Å². The van der Waals surface area contributed by atoms with Crippen molar-refractivity contribution in [2.24, 2.45) is 0 Å². The van der Waals surface area contributed by atoms with Crippen LogP contribution in [-0.4, -0.2) is 22.7 Å². The van der Waals surface area contributed by atoms with Gasteiger partial charge in [-0.25, -0.2) is 0 Å². The number of carbonyl (C=O) groups excluding carboxylic acids is 1. The third kappa shape index (κ3) is 3.57. The predicted molar refractivity (Wildman–Crippen MR) is 121 cm³/mol. The predicted octanol–water partition coefficient (Wildman–Crippen LogP) is 5.54. The molecule has 1 amide bonds. The highest BCUT2D eigenvalue weighted by atomic mass is 79.9. The molecule has 0 fully saturated rings. The van der Waals surface area contributed by atoms with Crippen molar-refractivity contribution in [3.8, 4) is 11.5 Å². The molecule has 0 radical (unpaired) electrons. The summed E-state index contributed by atoms with van der Waals surface area (Å²) in [5, 5.41) is 10.9. The average Bonchev–Trinajstić information content (AvgIpc) is 3.33. The summed E-state index contributed by atoms with van der Waals surface area (Å²) in [7, 11) is 0. The lowest BCUT2D eigenvalue weighted by molar-refractivity contribution is -0.130. The van der Waals surface area contributed by atoms with Crippen LogP contribution in [-0.2, 0) is 11.3 Å². The van der Waals surface area contributed by atoms with Crippen molar-refractivity contribution in [2.45, 2.75) is 19.5 Å². The van der Waals surface area contributed by atoms with E-state index < -0.39 is 6.04 Å². The quantitative estimate of drug-likeness (QED) is 0.535. The standard InChI is InChI=1S/C25H20BrNO4/c1-15-2-5-17(6-3-15)22-23(18-7-9-19(26)10-8-18)27(25(29)24(22)28)13-16-4-11-20-21(12-16)31-14-30-20/h2-12,23,28H,13-14H2,1H3/t23-/m1/s1. The van der Waals surface area contributed by atoms with Crippen molar-refractivity contribution in [3.05, 3.63) is 99.2 Å². The molecule has 5 nitrogen and oxygen atoms in total. The van der Waals surface area contributed by atoms with Gasteiger partial charge in [-0.15, -0.1) is 0 Å². The minimum atomic E-state index is -0.409. The zero-order valence-corrected chi connectivity index (χ0v) is 18.4. The highest BCUT2D eigenvalue weighted by Crippen LogP contribution is 2.44. The first-order valence-corrected chi connectivity index (χ1v) is 10.8. The largest absolute Gasteiger partial charge is 0.503 e. The number of aliphatic hydroxyl groups excluding tert-OH is 1. The van der Waals surface area contributed by atoms with Gasteiger partial charge in [-0.3, -0.25) is 4.79 Å². The van der Waals surface area contributed by atoms with Gasteiger partial charge in [-0.2, -0.15) is 0 Å². The molecule has 0 bridgehead atoms. The molecular formula is C25H20BrNO4. The first-order valence-electron chi connectivity index (χ1n) is 9.96. The highest BCUT2D eigenvalue weighted by molar-refractivity contribution is 9.10. The van der Waals surface area contributed by atoms with Gasteiger partial charge in [0.15, 0.2) is 17.3 Å². The molecule has 31 heavy (non-hydrogen) atoms. The highest BCUT2D eigenvalue weighted by Gasteiger charge is 2.41. The molecule has 5 rings (SSSR count). The summed E-state index contributed by atoms with van der Waals surface area (Å²) < 4.78 is 11.8. The maximum absolute atomic E-state index is 13.2. The normalized spacial score (nSPS) is 17.5. The van der Waals surface area contributed by atoms with Gasteiger partial charge in [0.05, 0.1) is 6.04 Å². The summed E-state index contributed by atoms with van der Waals surface area (Å²) in [5.41, 5.74) is 4.39. The SMILES string of the molecule is Cc1ccc(C2=C(O)C(=O)N(Cc3ccc4c(c3)OCO4)[C@@H]2c2ccc(Br)cc2)cc1. The minimum Gasteiger partial charge on any atom is -0.503 e. The van der Waals surface area contributed by atoms with Crippen LogP contribution in [0.3, 0.4) is 0 Å². The van der Waals surface area contributed by atoms with Crippen molar-refractivity contribution in [3.63, 3.8) is 0 Å². The third-order valence-electron chi connectivity index (χ3n) is 5.64. The summed E-state index contributed by atoms with van der Waals surface area (Å²) in [6, 6.07) is 20.9. The maximum atomic E-state index is 13.2. The number of amides is 1. The van der Waals surface area contributed by atoms with Gasteiger partial charge < -0.3 is 19.5 Å². The molecule has 6 heteroatoms. The fraction of sp³-hybridized carbons (Fsp3) is 0.160. The number of carbonyl (C=O) groups is 1. The number of fused-ring (bicyclic) bond motifs is 1. The molecule has 156 valence electrons. The Labute approximate surface area is 188 Å². The van der Waals surface area contributed by atoms with Crippen molar-refractivity contribution in [1.29, 1.82) is 0 Å². The Hall–Kier alpha value is -3.25. The molecular weight excluding hydrogens is 458 g/mol. The van der Waals surface area contributed by atoms with E-state index in [2.05, 4.69) is 15.9 Å². The van der Waals surface area contributed by atoms with Crippen molar-refractivity contribution in [2.75, 3.05) is 6.79 Å². The van der Waals surface area contributed by atoms with Gasteiger partial charge in [-0.05, 0) is 47.9 Å². The zero-order valence-electron chi connectivity index (χ0n) is 16.8. The van der Waals surface area contributed by atoms with Crippen LogP contribution >= 0.6 is 15.9 Å². The van der Waals surface area contributed by atoms with E-state index in [0.717, 1.165) is 26.7 Å². The number of aliphatic hydroxyl groups is 1. The Morgan fingerprint density at radius 2 is 1.71 bits per heavy atom. The second-order valence-electron chi connectivity index (χ2n) is 7.70. The van der Waals surface area contributed by atoms with Crippen LogP contribution in [0, 0.1) is 6.92 Å². The van der Waals surface area contributed by atoms with Crippen LogP contribution in [0.2, 0.25) is 0 Å². The molecule has 1 N–H and O–H groups in total. The zero-order chi connectivity index (χ0) is 21.5. The number of aryl methyl sites for hydroxylation is 1. The molecule has 3 aromatic rings. The number of nitrogens with zero attached hydrogens (tertiary/aromatic N) is 1. The van der Waals surface area contributed by atoms with Crippen LogP contribution in [0.1, 0.15) is 28.3 Å². The average molecular weight is 478 g/mol. The molecule has 0 saturated carbocycles. The molecule has 0 aromatic heterocycles. The summed E-state index contributed by atoms with van der Waals surface area (Å²) in [6.45, 7) is 2.54. The smallest absolute Gasteiger partial charge is 0.290 e. The van der Waals surface area contributed by atoms with E-state index in [0.29, 0.717) is 23.6 Å². The fourth-order valence-corrected chi connectivity index (χ4v) is 4.34. The molecule has 0 aliphatic carbocycles. The van der Waals surface area contributed by atoms with E-state index in [-0.39, 0.29) is 18.5 Å². The van der Waals surface area contributed by atoms with E-state index >= 15 is 0 Å². The van der Waals surface area contributed by atoms with Crippen LogP contribution < -0.4 is 9.47 Å². The van der Waals surface area contributed by atoms with Gasteiger partial charge >= 0.3 is 0 Å². The molecule has 0 saturated heterocycles. The van der Waals surface area contributed by atoms with Gasteiger partial charge in [0, 0.05) is 16.6 Å². The summed E-state index contributed by atoms with van der Waals surface area (Å²) in [4.78, 5) is 14.9. The maximum Gasteiger partial charge on any atom is 0.290 e. The minimum absolute atomic E-state index is 0.197. The molecule has 1 atom stereocenters. The molecule has 0 unspecified atom stereocenters. The molecule has 2 aliphatic rings. The number of hydrogen-bond acceptors (Lipinski definition) is 4. The van der Waals surface area contributed by atoms with Crippen LogP contribution in [0.5, 0.6) is 11.5 Å². The van der Waals surface area contributed by atoms with Crippen LogP contribution in [0.4, 0.5) is 0 Å². The fourth-order valence-electron chi connectivity index (χ4n) is 4.07. The Balaban J connectivity index is 1.57. The third-order valence-corrected chi connectivity index (χ3v) is 6.17. The molecule has 3 aromatic carbocycles. The Bertz CT molecular complexity index is 1190. The molecule has 2 aliphatic heterocycles. The number of hydrogen-bond donors (Lipinski definition) is 1. The number of halogens is 1. The second-order valence-corrected chi connectivity index (χ2v) is 8.62. The lowest BCUT2D eigenvalue weighted by Crippen LogP contribution is -2.29. The topological polar surface area (TPSA) is 59.0 Å². The second kappa shape index (κ2) is 7.78. The Kier molecular flexibility index (Phi) is 4.94. The first kappa shape index (κ1) is 19.7. The van der Waals surface area contributed by atoms with Crippen molar-refractivity contribution < 1.29 is 19.4 Å². The Morgan fingerprint density at radius 3 is 2.45 bits per heavy atom. The van der Waals surface area contributed by atoms with Crippen molar-refractivity contribution >= 4 is 27.4 Å². The van der Waals surface area contributed by atoms with E-state index in [4.69, 9.17) is 9.47 Å². The van der Waals surface area contributed by atoms with Crippen LogP contribution in [0.25, 0.3) is 5.57 Å². The van der Waals surface area contributed by atoms with E-state index in [1.165, 1.54) is 0 Å². The number of rotatable bonds is 4. The molecule has 2 heterocycles. The monoisotopic (exact) mass is 477 g/mol. The lowest BCUT2D eigenvalue weighted by Gasteiger charge is -2.27. The van der Waals surface area contributed by atoms with E-state index in [1.54, 1.807) is 4.90 Å². The Morgan fingerprint density at radius 1 is 1.00 bits per heavy atom. The molecule has 0 spiro atoms. The van der Waals surface area contributed by atoms with E-state index in [9.17, 15) is 9.90 Å². The summed E-state index contributed by atoms with van der Waals surface area (Å²) >= 11 is 3.48. The summed E-state index contributed by atoms with van der Waals surface area (Å²) in [5.74, 6) is 0.765. The lowest BCUT2D eigenvalue weighted by atomic mass is 9.93. The van der Waals surface area contributed by atoms with Gasteiger partial charge in [-0.1, -0.05) is 64.0 Å². The van der Waals surface area contributed by atoms with E-state index in [1.807, 2.05) is 73.7 Å². The first-order chi connectivity index (χ1) is 15.0. The van der Waals surface area contributed by atoms with Gasteiger partial charge in [0.2, 0.25) is 6.79 Å².